The van der Waals surface area contributed by atoms with Gasteiger partial charge in [-0.1, -0.05) is 26.0 Å². The van der Waals surface area contributed by atoms with Crippen LogP contribution >= 0.6 is 22.7 Å². The first-order valence-electron chi connectivity index (χ1n) is 9.80. The van der Waals surface area contributed by atoms with E-state index in [4.69, 9.17) is 4.74 Å². The summed E-state index contributed by atoms with van der Waals surface area (Å²) in [6.45, 7) is 4.16. The second-order valence-corrected chi connectivity index (χ2v) is 9.02. The fourth-order valence-corrected chi connectivity index (χ4v) is 5.07. The molecule has 0 saturated heterocycles. The standard InChI is InChI=1S/C21H27N3O3S2/c1-4-21(5-2,13-20(26)27-3)22-14-19(25)24-16(18-9-7-11-29-18)12-15(23-24)17-8-6-10-28-17/h6-11,16,22H,4-5,12-14H2,1-3H3/t16-/m0/s1. The Morgan fingerprint density at radius 2 is 1.97 bits per heavy atom. The van der Waals surface area contributed by atoms with Gasteiger partial charge in [-0.3, -0.25) is 9.59 Å². The lowest BCUT2D eigenvalue weighted by Crippen LogP contribution is -2.50. The normalized spacial score (nSPS) is 16.7. The first-order chi connectivity index (χ1) is 14.0. The fraction of sp³-hybridized carbons (Fsp3) is 0.476. The van der Waals surface area contributed by atoms with Gasteiger partial charge in [0, 0.05) is 16.8 Å². The highest BCUT2D eigenvalue weighted by atomic mass is 32.1. The molecule has 6 nitrogen and oxygen atoms in total. The lowest BCUT2D eigenvalue weighted by molar-refractivity contribution is -0.143. The number of rotatable bonds is 9. The fourth-order valence-electron chi connectivity index (χ4n) is 3.54. The molecule has 3 heterocycles. The highest BCUT2D eigenvalue weighted by Crippen LogP contribution is 2.36. The molecule has 1 atom stereocenters. The average Bonchev–Trinajstić information content (AvgIpc) is 3.50. The van der Waals surface area contributed by atoms with E-state index in [9.17, 15) is 9.59 Å². The summed E-state index contributed by atoms with van der Waals surface area (Å²) < 4.78 is 4.84. The molecule has 8 heteroatoms. The maximum Gasteiger partial charge on any atom is 0.307 e. The Hall–Kier alpha value is -2.03. The van der Waals surface area contributed by atoms with Gasteiger partial charge in [-0.05, 0) is 35.7 Å². The van der Waals surface area contributed by atoms with Gasteiger partial charge in [0.1, 0.15) is 0 Å². The van der Waals surface area contributed by atoms with E-state index in [0.29, 0.717) is 6.42 Å². The van der Waals surface area contributed by atoms with Crippen molar-refractivity contribution in [3.63, 3.8) is 0 Å². The Bertz CT molecular complexity index is 843. The van der Waals surface area contributed by atoms with Crippen LogP contribution in [0.3, 0.4) is 0 Å². The van der Waals surface area contributed by atoms with Crippen LogP contribution in [0, 0.1) is 0 Å². The van der Waals surface area contributed by atoms with Crippen LogP contribution in [0.15, 0.2) is 40.1 Å². The van der Waals surface area contributed by atoms with Gasteiger partial charge in [0.2, 0.25) is 0 Å². The molecule has 0 radical (unpaired) electrons. The van der Waals surface area contributed by atoms with Crippen LogP contribution in [0.1, 0.15) is 55.3 Å². The molecule has 2 aromatic rings. The first-order valence-corrected chi connectivity index (χ1v) is 11.6. The van der Waals surface area contributed by atoms with Gasteiger partial charge in [-0.2, -0.15) is 5.10 Å². The van der Waals surface area contributed by atoms with Crippen molar-refractivity contribution in [1.82, 2.24) is 10.3 Å². The summed E-state index contributed by atoms with van der Waals surface area (Å²) in [6, 6.07) is 8.00. The van der Waals surface area contributed by atoms with Crippen molar-refractivity contribution in [2.24, 2.45) is 5.10 Å². The summed E-state index contributed by atoms with van der Waals surface area (Å²) in [4.78, 5) is 27.2. The molecular formula is C21H27N3O3S2. The molecule has 0 bridgehead atoms. The van der Waals surface area contributed by atoms with Crippen molar-refractivity contribution in [2.75, 3.05) is 13.7 Å². The summed E-state index contributed by atoms with van der Waals surface area (Å²) in [6.07, 6.45) is 2.40. The van der Waals surface area contributed by atoms with Gasteiger partial charge >= 0.3 is 5.97 Å². The molecule has 0 fully saturated rings. The molecule has 0 aliphatic carbocycles. The number of esters is 1. The van der Waals surface area contributed by atoms with Crippen molar-refractivity contribution in [3.05, 3.63) is 44.8 Å². The van der Waals surface area contributed by atoms with Crippen LogP contribution in [0.5, 0.6) is 0 Å². The van der Waals surface area contributed by atoms with Crippen LogP contribution in [0.4, 0.5) is 0 Å². The Labute approximate surface area is 179 Å². The molecule has 1 aliphatic rings. The number of hydrogen-bond donors (Lipinski definition) is 1. The predicted molar refractivity (Wildman–Crippen MR) is 117 cm³/mol. The van der Waals surface area contributed by atoms with Gasteiger partial charge in [-0.25, -0.2) is 5.01 Å². The van der Waals surface area contributed by atoms with E-state index in [2.05, 4.69) is 16.5 Å². The van der Waals surface area contributed by atoms with E-state index in [-0.39, 0.29) is 30.9 Å². The Morgan fingerprint density at radius 1 is 1.24 bits per heavy atom. The van der Waals surface area contributed by atoms with Crippen molar-refractivity contribution < 1.29 is 14.3 Å². The number of hydrogen-bond acceptors (Lipinski definition) is 7. The number of nitrogens with one attached hydrogen (secondary N) is 1. The van der Waals surface area contributed by atoms with Gasteiger partial charge in [0.15, 0.2) is 0 Å². The zero-order valence-corrected chi connectivity index (χ0v) is 18.6. The topological polar surface area (TPSA) is 71.0 Å². The highest BCUT2D eigenvalue weighted by molar-refractivity contribution is 7.12. The number of amides is 1. The molecule has 156 valence electrons. The zero-order valence-electron chi connectivity index (χ0n) is 17.0. The summed E-state index contributed by atoms with van der Waals surface area (Å²) >= 11 is 3.27. The molecule has 2 aromatic heterocycles. The zero-order chi connectivity index (χ0) is 20.9. The van der Waals surface area contributed by atoms with Gasteiger partial charge < -0.3 is 10.1 Å². The van der Waals surface area contributed by atoms with E-state index in [1.807, 2.05) is 42.8 Å². The summed E-state index contributed by atoms with van der Waals surface area (Å²) in [7, 11) is 1.39. The number of ether oxygens (including phenoxy) is 1. The van der Waals surface area contributed by atoms with Crippen LogP contribution in [0.2, 0.25) is 0 Å². The number of methoxy groups -OCH3 is 1. The number of hydrazone groups is 1. The number of nitrogens with zero attached hydrogens (tertiary/aromatic N) is 2. The third kappa shape index (κ3) is 4.94. The number of carbonyl (C=O) groups is 2. The van der Waals surface area contributed by atoms with E-state index >= 15 is 0 Å². The average molecular weight is 434 g/mol. The largest absolute Gasteiger partial charge is 0.469 e. The Kier molecular flexibility index (Phi) is 7.21. The lowest BCUT2D eigenvalue weighted by atomic mass is 9.89. The summed E-state index contributed by atoms with van der Waals surface area (Å²) in [5.74, 6) is -0.365. The molecule has 1 aliphatic heterocycles. The van der Waals surface area contributed by atoms with Crippen molar-refractivity contribution in [1.29, 1.82) is 0 Å². The third-order valence-electron chi connectivity index (χ3n) is 5.52. The maximum atomic E-state index is 13.1. The van der Waals surface area contributed by atoms with E-state index < -0.39 is 5.54 Å². The first kappa shape index (κ1) is 21.7. The monoisotopic (exact) mass is 433 g/mol. The molecule has 0 spiro atoms. The van der Waals surface area contributed by atoms with Crippen LogP contribution in [-0.4, -0.2) is 41.8 Å². The molecular weight excluding hydrogens is 406 g/mol. The SMILES string of the molecule is CCC(CC)(CC(=O)OC)NCC(=O)N1N=C(c2cccs2)C[C@H]1c1cccs1. The molecule has 0 unspecified atom stereocenters. The molecule has 29 heavy (non-hydrogen) atoms. The van der Waals surface area contributed by atoms with E-state index in [1.54, 1.807) is 27.7 Å². The van der Waals surface area contributed by atoms with Gasteiger partial charge in [0.25, 0.3) is 5.91 Å². The van der Waals surface area contributed by atoms with Crippen LogP contribution in [-0.2, 0) is 14.3 Å². The Morgan fingerprint density at radius 3 is 2.55 bits per heavy atom. The summed E-state index contributed by atoms with van der Waals surface area (Å²) in [5.41, 5.74) is 0.486. The molecule has 3 rings (SSSR count). The van der Waals surface area contributed by atoms with E-state index in [1.165, 1.54) is 7.11 Å². The van der Waals surface area contributed by atoms with Crippen molar-refractivity contribution in [2.45, 2.75) is 51.1 Å². The lowest BCUT2D eigenvalue weighted by Gasteiger charge is -2.32. The van der Waals surface area contributed by atoms with Crippen LogP contribution in [0.25, 0.3) is 0 Å². The minimum atomic E-state index is -0.457. The maximum absolute atomic E-state index is 13.1. The minimum absolute atomic E-state index is 0.0836. The van der Waals surface area contributed by atoms with Crippen molar-refractivity contribution in [3.8, 4) is 0 Å². The second-order valence-electron chi connectivity index (χ2n) is 7.09. The number of carbonyl (C=O) groups excluding carboxylic acids is 2. The minimum Gasteiger partial charge on any atom is -0.469 e. The van der Waals surface area contributed by atoms with Gasteiger partial charge in [0.05, 0.1) is 36.7 Å². The smallest absolute Gasteiger partial charge is 0.307 e. The Balaban J connectivity index is 1.76. The quantitative estimate of drug-likeness (QED) is 0.602. The molecule has 0 saturated carbocycles. The third-order valence-corrected chi connectivity index (χ3v) is 7.41. The highest BCUT2D eigenvalue weighted by Gasteiger charge is 2.36. The van der Waals surface area contributed by atoms with Crippen LogP contribution < -0.4 is 5.32 Å². The second kappa shape index (κ2) is 9.65. The molecule has 1 amide bonds. The number of thiophene rings is 2. The van der Waals surface area contributed by atoms with Crippen molar-refractivity contribution >= 4 is 40.3 Å². The summed E-state index contributed by atoms with van der Waals surface area (Å²) in [5, 5.41) is 13.7. The van der Waals surface area contributed by atoms with Gasteiger partial charge in [-0.15, -0.1) is 22.7 Å². The predicted octanol–water partition coefficient (Wildman–Crippen LogP) is 4.20. The molecule has 1 N–H and O–H groups in total. The van der Waals surface area contributed by atoms with E-state index in [0.717, 1.165) is 28.3 Å². The molecule has 0 aromatic carbocycles.